The minimum atomic E-state index is 0.210. The van der Waals surface area contributed by atoms with Gasteiger partial charge in [-0.2, -0.15) is 0 Å². The zero-order valence-corrected chi connectivity index (χ0v) is 14.5. The number of hydrogen-bond acceptors (Lipinski definition) is 5. The molecule has 0 atom stereocenters. The first-order chi connectivity index (χ1) is 12.2. The van der Waals surface area contributed by atoms with E-state index in [1.54, 1.807) is 12.3 Å². The summed E-state index contributed by atoms with van der Waals surface area (Å²) in [5.74, 6) is 1.04. The number of rotatable bonds is 4. The number of aromatic nitrogens is 1. The average Bonchev–Trinajstić information content (AvgIpc) is 3.03. The molecule has 0 aliphatic rings. The number of thiazole rings is 1. The number of aliphatic imine (C=N–C) groups is 1. The van der Waals surface area contributed by atoms with E-state index in [9.17, 15) is 5.11 Å². The molecule has 0 fully saturated rings. The maximum atomic E-state index is 10.2. The van der Waals surface area contributed by atoms with E-state index in [1.807, 2.05) is 55.5 Å². The van der Waals surface area contributed by atoms with Gasteiger partial charge in [0.25, 0.3) is 0 Å². The first-order valence-electron chi connectivity index (χ1n) is 8.03. The number of ether oxygens (including phenoxy) is 1. The van der Waals surface area contributed by atoms with Crippen LogP contribution in [0.4, 0.5) is 5.13 Å². The summed E-state index contributed by atoms with van der Waals surface area (Å²) in [6, 6.07) is 17.3. The van der Waals surface area contributed by atoms with Crippen molar-refractivity contribution >= 4 is 43.7 Å². The lowest BCUT2D eigenvalue weighted by Crippen LogP contribution is -1.89. The molecular formula is C20H16N2O2S. The van der Waals surface area contributed by atoms with Gasteiger partial charge in [0, 0.05) is 11.8 Å². The molecule has 0 unspecified atom stereocenters. The molecule has 4 aromatic rings. The smallest absolute Gasteiger partial charge is 0.210 e. The maximum Gasteiger partial charge on any atom is 0.210 e. The van der Waals surface area contributed by atoms with Gasteiger partial charge in [-0.1, -0.05) is 41.7 Å². The van der Waals surface area contributed by atoms with Crippen LogP contribution in [0, 0.1) is 0 Å². The summed E-state index contributed by atoms with van der Waals surface area (Å²) in [5.41, 5.74) is 1.59. The van der Waals surface area contributed by atoms with Crippen molar-refractivity contribution in [2.45, 2.75) is 6.92 Å². The fourth-order valence-electron chi connectivity index (χ4n) is 2.74. The molecule has 1 N–H and O–H groups in total. The van der Waals surface area contributed by atoms with Crippen LogP contribution < -0.4 is 4.74 Å². The van der Waals surface area contributed by atoms with Crippen molar-refractivity contribution in [2.24, 2.45) is 4.99 Å². The molecule has 0 radical (unpaired) electrons. The Kier molecular flexibility index (Phi) is 4.07. The second-order valence-electron chi connectivity index (χ2n) is 5.54. The van der Waals surface area contributed by atoms with Crippen molar-refractivity contribution in [3.63, 3.8) is 0 Å². The van der Waals surface area contributed by atoms with Crippen LogP contribution in [0.25, 0.3) is 21.0 Å². The molecule has 4 rings (SSSR count). The Morgan fingerprint density at radius 2 is 2.04 bits per heavy atom. The number of phenolic OH excluding ortho intramolecular Hbond substituents is 1. The Morgan fingerprint density at radius 1 is 1.16 bits per heavy atom. The lowest BCUT2D eigenvalue weighted by Gasteiger charge is -2.03. The van der Waals surface area contributed by atoms with Crippen molar-refractivity contribution in [2.75, 3.05) is 6.61 Å². The molecule has 0 spiro atoms. The van der Waals surface area contributed by atoms with Gasteiger partial charge in [0.2, 0.25) is 5.13 Å². The summed E-state index contributed by atoms with van der Waals surface area (Å²) >= 11 is 1.50. The summed E-state index contributed by atoms with van der Waals surface area (Å²) in [5, 5.41) is 12.9. The fraction of sp³-hybridized carbons (Fsp3) is 0.100. The van der Waals surface area contributed by atoms with Gasteiger partial charge in [0.05, 0.1) is 16.8 Å². The van der Waals surface area contributed by atoms with E-state index in [4.69, 9.17) is 4.74 Å². The second-order valence-corrected chi connectivity index (χ2v) is 6.55. The van der Waals surface area contributed by atoms with Gasteiger partial charge in [0.1, 0.15) is 11.5 Å². The van der Waals surface area contributed by atoms with Gasteiger partial charge in [0.15, 0.2) is 0 Å². The molecule has 0 saturated heterocycles. The van der Waals surface area contributed by atoms with Crippen molar-refractivity contribution in [1.82, 2.24) is 4.98 Å². The van der Waals surface area contributed by atoms with Gasteiger partial charge >= 0.3 is 0 Å². The SMILES string of the molecule is CCOc1ccc2nc(N=Cc3c(O)ccc4ccccc34)sc2c1. The van der Waals surface area contributed by atoms with E-state index in [0.29, 0.717) is 17.3 Å². The summed E-state index contributed by atoms with van der Waals surface area (Å²) in [6.07, 6.45) is 1.68. The Labute approximate surface area is 149 Å². The Balaban J connectivity index is 1.72. The maximum absolute atomic E-state index is 10.2. The predicted octanol–water partition coefficient (Wildman–Crippen LogP) is 5.30. The molecule has 1 aromatic heterocycles. The molecular weight excluding hydrogens is 332 g/mol. The highest BCUT2D eigenvalue weighted by molar-refractivity contribution is 7.22. The van der Waals surface area contributed by atoms with Gasteiger partial charge in [-0.25, -0.2) is 9.98 Å². The molecule has 0 saturated carbocycles. The first-order valence-corrected chi connectivity index (χ1v) is 8.84. The number of phenols is 1. The van der Waals surface area contributed by atoms with Gasteiger partial charge in [-0.05, 0) is 42.0 Å². The van der Waals surface area contributed by atoms with Crippen molar-refractivity contribution in [3.05, 3.63) is 60.2 Å². The number of fused-ring (bicyclic) bond motifs is 2. The average molecular weight is 348 g/mol. The minimum absolute atomic E-state index is 0.210. The standard InChI is InChI=1S/C20H16N2O2S/c1-2-24-14-8-9-17-19(11-14)25-20(22-17)21-12-16-15-6-4-3-5-13(15)7-10-18(16)23/h3-12,23H,2H2,1H3. The molecule has 124 valence electrons. The third-order valence-electron chi connectivity index (χ3n) is 3.91. The highest BCUT2D eigenvalue weighted by atomic mass is 32.1. The summed E-state index contributed by atoms with van der Waals surface area (Å²) in [4.78, 5) is 9.00. The lowest BCUT2D eigenvalue weighted by molar-refractivity contribution is 0.341. The van der Waals surface area contributed by atoms with Crippen LogP contribution in [0.2, 0.25) is 0 Å². The summed E-state index contributed by atoms with van der Waals surface area (Å²) in [7, 11) is 0. The predicted molar refractivity (Wildman–Crippen MR) is 104 cm³/mol. The van der Waals surface area contributed by atoms with Gasteiger partial charge in [-0.15, -0.1) is 0 Å². The highest BCUT2D eigenvalue weighted by Gasteiger charge is 2.07. The monoisotopic (exact) mass is 348 g/mol. The summed E-state index contributed by atoms with van der Waals surface area (Å²) in [6.45, 7) is 2.60. The molecule has 0 amide bonds. The molecule has 1 heterocycles. The number of aromatic hydroxyl groups is 1. The Bertz CT molecular complexity index is 1090. The molecule has 25 heavy (non-hydrogen) atoms. The number of benzene rings is 3. The molecule has 0 bridgehead atoms. The Morgan fingerprint density at radius 3 is 2.92 bits per heavy atom. The quantitative estimate of drug-likeness (QED) is 0.509. The minimum Gasteiger partial charge on any atom is -0.507 e. The van der Waals surface area contributed by atoms with Crippen molar-refractivity contribution in [3.8, 4) is 11.5 Å². The van der Waals surface area contributed by atoms with Gasteiger partial charge < -0.3 is 9.84 Å². The van der Waals surface area contributed by atoms with Crippen LogP contribution in [0.15, 0.2) is 59.6 Å². The molecule has 5 heteroatoms. The first kappa shape index (κ1) is 15.6. The lowest BCUT2D eigenvalue weighted by atomic mass is 10.0. The third-order valence-corrected chi connectivity index (χ3v) is 4.84. The number of nitrogens with zero attached hydrogens (tertiary/aromatic N) is 2. The topological polar surface area (TPSA) is 54.7 Å². The van der Waals surface area contributed by atoms with E-state index in [0.717, 1.165) is 26.7 Å². The van der Waals surface area contributed by atoms with E-state index >= 15 is 0 Å². The van der Waals surface area contributed by atoms with Crippen LogP contribution in [0.1, 0.15) is 12.5 Å². The van der Waals surface area contributed by atoms with Crippen LogP contribution in [0.5, 0.6) is 11.5 Å². The van der Waals surface area contributed by atoms with E-state index in [1.165, 1.54) is 11.3 Å². The van der Waals surface area contributed by atoms with Crippen LogP contribution in [-0.4, -0.2) is 22.9 Å². The van der Waals surface area contributed by atoms with Crippen LogP contribution >= 0.6 is 11.3 Å². The van der Waals surface area contributed by atoms with Gasteiger partial charge in [-0.3, -0.25) is 0 Å². The molecule has 4 nitrogen and oxygen atoms in total. The molecule has 0 aliphatic carbocycles. The Hall–Kier alpha value is -2.92. The van der Waals surface area contributed by atoms with Crippen LogP contribution in [0.3, 0.4) is 0 Å². The zero-order valence-electron chi connectivity index (χ0n) is 13.6. The molecule has 0 aliphatic heterocycles. The highest BCUT2D eigenvalue weighted by Crippen LogP contribution is 2.32. The normalized spacial score (nSPS) is 11.6. The fourth-order valence-corrected chi connectivity index (χ4v) is 3.58. The van der Waals surface area contributed by atoms with E-state index in [-0.39, 0.29) is 5.75 Å². The van der Waals surface area contributed by atoms with E-state index < -0.39 is 0 Å². The van der Waals surface area contributed by atoms with Crippen molar-refractivity contribution in [1.29, 1.82) is 0 Å². The van der Waals surface area contributed by atoms with E-state index in [2.05, 4.69) is 9.98 Å². The van der Waals surface area contributed by atoms with Crippen LogP contribution in [-0.2, 0) is 0 Å². The zero-order chi connectivity index (χ0) is 17.2. The number of hydrogen-bond donors (Lipinski definition) is 1. The summed E-state index contributed by atoms with van der Waals surface area (Å²) < 4.78 is 6.55. The second kappa shape index (κ2) is 6.53. The third kappa shape index (κ3) is 3.06. The largest absolute Gasteiger partial charge is 0.507 e. The molecule has 3 aromatic carbocycles. The van der Waals surface area contributed by atoms with Crippen molar-refractivity contribution < 1.29 is 9.84 Å².